The van der Waals surface area contributed by atoms with Crippen molar-refractivity contribution >= 4 is 10.9 Å². The lowest BCUT2D eigenvalue weighted by molar-refractivity contribution is 1.12. The Morgan fingerprint density at radius 3 is 2.89 bits per heavy atom. The average molecular weight is 236 g/mol. The van der Waals surface area contributed by atoms with Crippen molar-refractivity contribution in [2.45, 2.75) is 20.3 Å². The van der Waals surface area contributed by atoms with E-state index in [4.69, 9.17) is 0 Å². The van der Waals surface area contributed by atoms with Gasteiger partial charge in [0.1, 0.15) is 0 Å². The molecule has 2 heteroatoms. The number of nitrogens with zero attached hydrogens (tertiary/aromatic N) is 1. The van der Waals surface area contributed by atoms with Crippen molar-refractivity contribution in [3.05, 3.63) is 53.9 Å². The quantitative estimate of drug-likeness (QED) is 0.713. The topological polar surface area (TPSA) is 28.7 Å². The summed E-state index contributed by atoms with van der Waals surface area (Å²) < 4.78 is 0. The van der Waals surface area contributed by atoms with Gasteiger partial charge in [0.2, 0.25) is 0 Å². The van der Waals surface area contributed by atoms with Crippen LogP contribution in [-0.2, 0) is 6.42 Å². The summed E-state index contributed by atoms with van der Waals surface area (Å²) in [6, 6.07) is 10.8. The second kappa shape index (κ2) is 4.30. The number of hydrogen-bond acceptors (Lipinski definition) is 1. The Hall–Kier alpha value is -2.09. The Morgan fingerprint density at radius 1 is 1.17 bits per heavy atom. The van der Waals surface area contributed by atoms with Gasteiger partial charge < -0.3 is 4.98 Å². The van der Waals surface area contributed by atoms with Crippen LogP contribution in [0.4, 0.5) is 0 Å². The van der Waals surface area contributed by atoms with Crippen LogP contribution in [0, 0.1) is 6.92 Å². The molecule has 0 fully saturated rings. The molecule has 0 aliphatic rings. The van der Waals surface area contributed by atoms with Crippen LogP contribution < -0.4 is 0 Å². The standard InChI is InChI=1S/C16H16N2/c1-3-12-6-7-17-10-14(12)16-9-13-8-11(2)4-5-15(13)18-16/h4-10,18H,3H2,1-2H3. The van der Waals surface area contributed by atoms with E-state index in [2.05, 4.69) is 54.1 Å². The van der Waals surface area contributed by atoms with E-state index in [9.17, 15) is 0 Å². The van der Waals surface area contributed by atoms with Crippen molar-refractivity contribution < 1.29 is 0 Å². The van der Waals surface area contributed by atoms with E-state index >= 15 is 0 Å². The van der Waals surface area contributed by atoms with E-state index in [0.717, 1.165) is 12.1 Å². The monoisotopic (exact) mass is 236 g/mol. The molecule has 3 rings (SSSR count). The number of aromatic nitrogens is 2. The van der Waals surface area contributed by atoms with Gasteiger partial charge in [-0.2, -0.15) is 0 Å². The third kappa shape index (κ3) is 1.80. The Labute approximate surface area is 107 Å². The highest BCUT2D eigenvalue weighted by Crippen LogP contribution is 2.27. The minimum absolute atomic E-state index is 1.02. The van der Waals surface area contributed by atoms with Crippen LogP contribution >= 0.6 is 0 Å². The first-order valence-electron chi connectivity index (χ1n) is 6.30. The van der Waals surface area contributed by atoms with E-state index in [0.29, 0.717) is 0 Å². The zero-order chi connectivity index (χ0) is 12.5. The SMILES string of the molecule is CCc1ccncc1-c1cc2cc(C)ccc2[nH]1. The molecular formula is C16H16N2. The molecule has 2 nitrogen and oxygen atoms in total. The fraction of sp³-hybridized carbons (Fsp3) is 0.188. The fourth-order valence-electron chi connectivity index (χ4n) is 2.37. The Bertz CT molecular complexity index is 695. The third-order valence-electron chi connectivity index (χ3n) is 3.36. The molecule has 0 amide bonds. The molecule has 0 saturated carbocycles. The number of fused-ring (bicyclic) bond motifs is 1. The van der Waals surface area contributed by atoms with Crippen molar-refractivity contribution in [1.82, 2.24) is 9.97 Å². The second-order valence-corrected chi connectivity index (χ2v) is 4.66. The molecule has 0 unspecified atom stereocenters. The zero-order valence-electron chi connectivity index (χ0n) is 10.7. The van der Waals surface area contributed by atoms with Crippen LogP contribution in [-0.4, -0.2) is 9.97 Å². The lowest BCUT2D eigenvalue weighted by Gasteiger charge is -2.03. The summed E-state index contributed by atoms with van der Waals surface area (Å²) in [7, 11) is 0. The average Bonchev–Trinajstić information content (AvgIpc) is 2.81. The minimum Gasteiger partial charge on any atom is -0.354 e. The molecule has 0 aliphatic carbocycles. The number of nitrogens with one attached hydrogen (secondary N) is 1. The van der Waals surface area contributed by atoms with E-state index in [1.165, 1.54) is 27.6 Å². The molecule has 90 valence electrons. The predicted molar refractivity (Wildman–Crippen MR) is 75.6 cm³/mol. The van der Waals surface area contributed by atoms with Crippen LogP contribution in [0.2, 0.25) is 0 Å². The smallest absolute Gasteiger partial charge is 0.0483 e. The van der Waals surface area contributed by atoms with Gasteiger partial charge >= 0.3 is 0 Å². The third-order valence-corrected chi connectivity index (χ3v) is 3.36. The maximum atomic E-state index is 4.24. The summed E-state index contributed by atoms with van der Waals surface area (Å²) in [6.07, 6.45) is 4.82. The molecule has 0 aliphatic heterocycles. The number of pyridine rings is 1. The van der Waals surface area contributed by atoms with Gasteiger partial charge in [-0.05, 0) is 43.2 Å². The summed E-state index contributed by atoms with van der Waals surface area (Å²) in [5, 5.41) is 1.26. The van der Waals surface area contributed by atoms with Crippen molar-refractivity contribution in [2.24, 2.45) is 0 Å². The lowest BCUT2D eigenvalue weighted by Crippen LogP contribution is -1.88. The molecule has 0 spiro atoms. The van der Waals surface area contributed by atoms with E-state index in [1.54, 1.807) is 0 Å². The molecule has 1 N–H and O–H groups in total. The first-order valence-corrected chi connectivity index (χ1v) is 6.30. The molecule has 0 bridgehead atoms. The lowest BCUT2D eigenvalue weighted by atomic mass is 10.1. The number of benzene rings is 1. The molecule has 18 heavy (non-hydrogen) atoms. The highest BCUT2D eigenvalue weighted by atomic mass is 14.7. The van der Waals surface area contributed by atoms with Crippen LogP contribution in [0.3, 0.4) is 0 Å². The molecule has 0 atom stereocenters. The zero-order valence-corrected chi connectivity index (χ0v) is 10.7. The summed E-state index contributed by atoms with van der Waals surface area (Å²) in [5.41, 5.74) is 6.15. The van der Waals surface area contributed by atoms with Gasteiger partial charge in [-0.1, -0.05) is 18.6 Å². The fourth-order valence-corrected chi connectivity index (χ4v) is 2.37. The number of aryl methyl sites for hydroxylation is 2. The number of aromatic amines is 1. The summed E-state index contributed by atoms with van der Waals surface area (Å²) in [6.45, 7) is 4.29. The number of rotatable bonds is 2. The van der Waals surface area contributed by atoms with Crippen LogP contribution in [0.1, 0.15) is 18.1 Å². The molecule has 2 heterocycles. The van der Waals surface area contributed by atoms with Crippen molar-refractivity contribution in [3.8, 4) is 11.3 Å². The van der Waals surface area contributed by atoms with Gasteiger partial charge in [0.25, 0.3) is 0 Å². The molecular weight excluding hydrogens is 220 g/mol. The summed E-state index contributed by atoms with van der Waals surface area (Å²) in [5.74, 6) is 0. The van der Waals surface area contributed by atoms with Gasteiger partial charge in [-0.25, -0.2) is 0 Å². The highest BCUT2D eigenvalue weighted by molar-refractivity contribution is 5.86. The summed E-state index contributed by atoms with van der Waals surface area (Å²) in [4.78, 5) is 7.71. The van der Waals surface area contributed by atoms with Gasteiger partial charge in [0, 0.05) is 34.6 Å². The molecule has 1 aromatic carbocycles. The van der Waals surface area contributed by atoms with Crippen molar-refractivity contribution in [3.63, 3.8) is 0 Å². The minimum atomic E-state index is 1.02. The van der Waals surface area contributed by atoms with Gasteiger partial charge in [-0.15, -0.1) is 0 Å². The number of hydrogen-bond donors (Lipinski definition) is 1. The predicted octanol–water partition coefficient (Wildman–Crippen LogP) is 4.10. The van der Waals surface area contributed by atoms with Crippen molar-refractivity contribution in [2.75, 3.05) is 0 Å². The van der Waals surface area contributed by atoms with Gasteiger partial charge in [0.05, 0.1) is 0 Å². The van der Waals surface area contributed by atoms with Crippen LogP contribution in [0.25, 0.3) is 22.2 Å². The van der Waals surface area contributed by atoms with Crippen LogP contribution in [0.5, 0.6) is 0 Å². The molecule has 0 radical (unpaired) electrons. The first kappa shape index (κ1) is 11.0. The maximum absolute atomic E-state index is 4.24. The molecule has 2 aromatic heterocycles. The summed E-state index contributed by atoms with van der Waals surface area (Å²) >= 11 is 0. The van der Waals surface area contributed by atoms with Gasteiger partial charge in [0.15, 0.2) is 0 Å². The number of H-pyrrole nitrogens is 1. The highest BCUT2D eigenvalue weighted by Gasteiger charge is 2.07. The van der Waals surface area contributed by atoms with Crippen molar-refractivity contribution in [1.29, 1.82) is 0 Å². The van der Waals surface area contributed by atoms with E-state index in [1.807, 2.05) is 12.4 Å². The van der Waals surface area contributed by atoms with E-state index in [-0.39, 0.29) is 0 Å². The largest absolute Gasteiger partial charge is 0.354 e. The van der Waals surface area contributed by atoms with Crippen LogP contribution in [0.15, 0.2) is 42.7 Å². The maximum Gasteiger partial charge on any atom is 0.0483 e. The Kier molecular flexibility index (Phi) is 2.63. The second-order valence-electron chi connectivity index (χ2n) is 4.66. The normalized spacial score (nSPS) is 11.0. The molecule has 3 aromatic rings. The van der Waals surface area contributed by atoms with Gasteiger partial charge in [-0.3, -0.25) is 4.98 Å². The Morgan fingerprint density at radius 2 is 2.06 bits per heavy atom. The van der Waals surface area contributed by atoms with E-state index < -0.39 is 0 Å². The Balaban J connectivity index is 2.19. The molecule has 0 saturated heterocycles. The first-order chi connectivity index (χ1) is 8.78.